The maximum Gasteiger partial charge on any atom is 0.338 e. The van der Waals surface area contributed by atoms with E-state index in [4.69, 9.17) is 9.84 Å². The van der Waals surface area contributed by atoms with Crippen LogP contribution in [0.5, 0.6) is 0 Å². The van der Waals surface area contributed by atoms with Crippen molar-refractivity contribution in [1.29, 1.82) is 0 Å². The van der Waals surface area contributed by atoms with E-state index in [1.807, 2.05) is 6.92 Å². The first-order chi connectivity index (χ1) is 10.5. The summed E-state index contributed by atoms with van der Waals surface area (Å²) < 4.78 is 5.11. The largest absolute Gasteiger partial charge is 0.481 e. The smallest absolute Gasteiger partial charge is 0.338 e. The summed E-state index contributed by atoms with van der Waals surface area (Å²) in [7, 11) is 0. The zero-order valence-corrected chi connectivity index (χ0v) is 12.4. The summed E-state index contributed by atoms with van der Waals surface area (Å²) in [5.41, 5.74) is 1.01. The number of carboxylic acids is 1. The van der Waals surface area contributed by atoms with E-state index in [9.17, 15) is 14.4 Å². The molecule has 1 aromatic rings. The van der Waals surface area contributed by atoms with Gasteiger partial charge in [-0.15, -0.1) is 0 Å². The summed E-state index contributed by atoms with van der Waals surface area (Å²) in [6.07, 6.45) is 1.78. The maximum atomic E-state index is 11.9. The number of carbonyl (C=O) groups excluding carboxylic acids is 2. The number of esters is 1. The van der Waals surface area contributed by atoms with Crippen LogP contribution in [0.2, 0.25) is 0 Å². The molecule has 0 spiro atoms. The Bertz CT molecular complexity index is 566. The number of carboxylic acid groups (broad SMARTS) is 1. The summed E-state index contributed by atoms with van der Waals surface area (Å²) in [4.78, 5) is 36.0. The molecule has 1 amide bonds. The summed E-state index contributed by atoms with van der Waals surface area (Å²) in [6.45, 7) is 2.57. The molecule has 1 saturated heterocycles. The number of nitrogens with zero attached hydrogens (tertiary/aromatic N) is 1. The molecule has 1 heterocycles. The second-order valence-electron chi connectivity index (χ2n) is 5.28. The van der Waals surface area contributed by atoms with Crippen molar-refractivity contribution in [3.8, 4) is 0 Å². The van der Waals surface area contributed by atoms with Crippen LogP contribution < -0.4 is 4.90 Å². The lowest BCUT2D eigenvalue weighted by Crippen LogP contribution is -2.25. The van der Waals surface area contributed by atoms with E-state index < -0.39 is 17.9 Å². The van der Waals surface area contributed by atoms with Gasteiger partial charge in [0.1, 0.15) is 0 Å². The number of hydrogen-bond donors (Lipinski definition) is 1. The molecule has 118 valence electrons. The van der Waals surface area contributed by atoms with Gasteiger partial charge < -0.3 is 14.7 Å². The van der Waals surface area contributed by atoms with Gasteiger partial charge in [-0.1, -0.05) is 13.3 Å². The van der Waals surface area contributed by atoms with Crippen molar-refractivity contribution < 1.29 is 24.2 Å². The Hall–Kier alpha value is -2.37. The molecule has 1 aliphatic heterocycles. The van der Waals surface area contributed by atoms with Crippen molar-refractivity contribution >= 4 is 23.5 Å². The lowest BCUT2D eigenvalue weighted by molar-refractivity contribution is -0.141. The normalized spacial score (nSPS) is 17.6. The average Bonchev–Trinajstić information content (AvgIpc) is 2.90. The third-order valence-corrected chi connectivity index (χ3v) is 3.62. The Kier molecular flexibility index (Phi) is 5.14. The van der Waals surface area contributed by atoms with Crippen LogP contribution in [0.15, 0.2) is 24.3 Å². The lowest BCUT2D eigenvalue weighted by Gasteiger charge is -2.16. The highest BCUT2D eigenvalue weighted by atomic mass is 16.5. The third kappa shape index (κ3) is 3.63. The number of aliphatic carboxylic acids is 1. The third-order valence-electron chi connectivity index (χ3n) is 3.62. The highest BCUT2D eigenvalue weighted by Crippen LogP contribution is 2.25. The zero-order chi connectivity index (χ0) is 16.1. The Morgan fingerprint density at radius 2 is 2.00 bits per heavy atom. The molecule has 1 N–H and O–H groups in total. The van der Waals surface area contributed by atoms with Gasteiger partial charge in [-0.25, -0.2) is 4.79 Å². The molecular weight excluding hydrogens is 286 g/mol. The molecule has 22 heavy (non-hydrogen) atoms. The van der Waals surface area contributed by atoms with Gasteiger partial charge in [0.15, 0.2) is 0 Å². The highest BCUT2D eigenvalue weighted by molar-refractivity contribution is 5.99. The van der Waals surface area contributed by atoms with Crippen molar-refractivity contribution in [1.82, 2.24) is 0 Å². The lowest BCUT2D eigenvalue weighted by atomic mass is 10.1. The van der Waals surface area contributed by atoms with Gasteiger partial charge in [0.2, 0.25) is 5.91 Å². The van der Waals surface area contributed by atoms with Crippen LogP contribution in [-0.4, -0.2) is 36.1 Å². The number of amides is 1. The number of hydrogen-bond acceptors (Lipinski definition) is 4. The minimum atomic E-state index is -0.966. The Labute approximate surface area is 128 Å². The van der Waals surface area contributed by atoms with Crippen LogP contribution in [0, 0.1) is 5.92 Å². The second-order valence-corrected chi connectivity index (χ2v) is 5.28. The van der Waals surface area contributed by atoms with E-state index >= 15 is 0 Å². The number of anilines is 1. The van der Waals surface area contributed by atoms with Gasteiger partial charge in [-0.3, -0.25) is 9.59 Å². The van der Waals surface area contributed by atoms with Crippen molar-refractivity contribution in [2.24, 2.45) is 5.92 Å². The fraction of sp³-hybridized carbons (Fsp3) is 0.438. The van der Waals surface area contributed by atoms with E-state index in [0.717, 1.165) is 12.8 Å². The van der Waals surface area contributed by atoms with Crippen LogP contribution >= 0.6 is 0 Å². The minimum absolute atomic E-state index is 0.0101. The van der Waals surface area contributed by atoms with E-state index in [1.165, 1.54) is 4.90 Å². The molecule has 0 saturated carbocycles. The summed E-state index contributed by atoms with van der Waals surface area (Å²) >= 11 is 0. The Morgan fingerprint density at radius 1 is 1.32 bits per heavy atom. The highest BCUT2D eigenvalue weighted by Gasteiger charge is 2.35. The van der Waals surface area contributed by atoms with E-state index in [1.54, 1.807) is 24.3 Å². The van der Waals surface area contributed by atoms with Gasteiger partial charge in [-0.2, -0.15) is 0 Å². The first-order valence-corrected chi connectivity index (χ1v) is 7.33. The van der Waals surface area contributed by atoms with Crippen LogP contribution in [0.25, 0.3) is 0 Å². The predicted molar refractivity (Wildman–Crippen MR) is 79.7 cm³/mol. The zero-order valence-electron chi connectivity index (χ0n) is 12.4. The number of ether oxygens (including phenoxy) is 1. The average molecular weight is 305 g/mol. The van der Waals surface area contributed by atoms with Crippen LogP contribution in [-0.2, 0) is 14.3 Å². The molecule has 6 nitrogen and oxygen atoms in total. The molecule has 1 aromatic carbocycles. The summed E-state index contributed by atoms with van der Waals surface area (Å²) in [5, 5.41) is 8.98. The SMILES string of the molecule is CCCCOC(=O)c1ccc(N2C[C@@H](C(=O)O)CC2=O)cc1. The molecule has 0 bridgehead atoms. The van der Waals surface area contributed by atoms with Crippen molar-refractivity contribution in [2.45, 2.75) is 26.2 Å². The Balaban J connectivity index is 2.01. The molecule has 1 atom stereocenters. The number of unbranched alkanes of at least 4 members (excludes halogenated alkanes) is 1. The maximum absolute atomic E-state index is 11.9. The first-order valence-electron chi connectivity index (χ1n) is 7.33. The van der Waals surface area contributed by atoms with Crippen molar-refractivity contribution in [3.63, 3.8) is 0 Å². The topological polar surface area (TPSA) is 83.9 Å². The standard InChI is InChI=1S/C16H19NO5/c1-2-3-8-22-16(21)11-4-6-13(7-5-11)17-10-12(15(19)20)9-14(17)18/h4-7,12H,2-3,8-10H2,1H3,(H,19,20)/t12-/m0/s1. The molecular formula is C16H19NO5. The summed E-state index contributed by atoms with van der Waals surface area (Å²) in [6, 6.07) is 6.45. The summed E-state index contributed by atoms with van der Waals surface area (Å²) in [5.74, 6) is -2.25. The molecule has 6 heteroatoms. The van der Waals surface area contributed by atoms with Crippen LogP contribution in [0.4, 0.5) is 5.69 Å². The Morgan fingerprint density at radius 3 is 2.55 bits per heavy atom. The number of rotatable bonds is 6. The minimum Gasteiger partial charge on any atom is -0.481 e. The van der Waals surface area contributed by atoms with Crippen molar-refractivity contribution in [3.05, 3.63) is 29.8 Å². The van der Waals surface area contributed by atoms with Crippen molar-refractivity contribution in [2.75, 3.05) is 18.1 Å². The van der Waals surface area contributed by atoms with Gasteiger partial charge in [0, 0.05) is 18.7 Å². The molecule has 1 fully saturated rings. The molecule has 0 radical (unpaired) electrons. The van der Waals surface area contributed by atoms with Gasteiger partial charge >= 0.3 is 11.9 Å². The molecule has 1 aliphatic rings. The van der Waals surface area contributed by atoms with Gasteiger partial charge in [-0.05, 0) is 30.7 Å². The quantitative estimate of drug-likeness (QED) is 0.642. The first kappa shape index (κ1) is 16.0. The van der Waals surface area contributed by atoms with Crippen LogP contribution in [0.1, 0.15) is 36.5 Å². The van der Waals surface area contributed by atoms with E-state index in [-0.39, 0.29) is 18.9 Å². The molecule has 0 aromatic heterocycles. The van der Waals surface area contributed by atoms with Gasteiger partial charge in [0.25, 0.3) is 0 Å². The van der Waals surface area contributed by atoms with Gasteiger partial charge in [0.05, 0.1) is 18.1 Å². The molecule has 0 unspecified atom stereocenters. The second kappa shape index (κ2) is 7.06. The fourth-order valence-electron chi connectivity index (χ4n) is 2.29. The van der Waals surface area contributed by atoms with E-state index in [2.05, 4.69) is 0 Å². The number of benzene rings is 1. The predicted octanol–water partition coefficient (Wildman–Crippen LogP) is 2.08. The fourth-order valence-corrected chi connectivity index (χ4v) is 2.29. The van der Waals surface area contributed by atoms with Crippen LogP contribution in [0.3, 0.4) is 0 Å². The molecule has 0 aliphatic carbocycles. The number of carbonyl (C=O) groups is 3. The van der Waals surface area contributed by atoms with E-state index in [0.29, 0.717) is 17.9 Å². The molecule has 2 rings (SSSR count). The monoisotopic (exact) mass is 305 g/mol.